The minimum absolute atomic E-state index is 0.0185. The van der Waals surface area contributed by atoms with Crippen LogP contribution in [0, 0.1) is 5.82 Å². The molecular formula is C24H25BF3N3O5. The molecular weight excluding hydrogens is 478 g/mol. The molecule has 0 fully saturated rings. The van der Waals surface area contributed by atoms with Gasteiger partial charge in [0.25, 0.3) is 11.8 Å². The number of fused-ring (bicyclic) bond motifs is 1. The zero-order valence-electron chi connectivity index (χ0n) is 19.8. The molecule has 12 heteroatoms. The maximum absolute atomic E-state index is 14.8. The summed E-state index contributed by atoms with van der Waals surface area (Å²) in [5.41, 5.74) is 0.444. The number of amides is 4. The molecule has 0 saturated carbocycles. The quantitative estimate of drug-likeness (QED) is 0.484. The average molecular weight is 503 g/mol. The molecule has 1 aliphatic heterocycles. The van der Waals surface area contributed by atoms with Gasteiger partial charge in [-0.25, -0.2) is 4.39 Å². The van der Waals surface area contributed by atoms with Gasteiger partial charge in [-0.15, -0.1) is 0 Å². The third-order valence-electron chi connectivity index (χ3n) is 5.52. The molecule has 8 nitrogen and oxygen atoms in total. The highest BCUT2D eigenvalue weighted by molar-refractivity contribution is 6.58. The van der Waals surface area contributed by atoms with Crippen LogP contribution in [0.25, 0.3) is 0 Å². The Hall–Kier alpha value is -3.83. The lowest BCUT2D eigenvalue weighted by molar-refractivity contribution is -0.147. The number of hydrogen-bond acceptors (Lipinski definition) is 5. The Bertz CT molecular complexity index is 1190. The van der Waals surface area contributed by atoms with Gasteiger partial charge >= 0.3 is 5.92 Å². The van der Waals surface area contributed by atoms with Crippen molar-refractivity contribution >= 4 is 31.4 Å². The van der Waals surface area contributed by atoms with E-state index in [9.17, 15) is 32.3 Å². The van der Waals surface area contributed by atoms with Crippen molar-refractivity contribution in [3.05, 3.63) is 64.5 Å². The van der Waals surface area contributed by atoms with Gasteiger partial charge in [0.05, 0.1) is 6.61 Å². The smallest absolute Gasteiger partial charge is 0.356 e. The summed E-state index contributed by atoms with van der Waals surface area (Å²) in [5.74, 6) is -8.63. The van der Waals surface area contributed by atoms with Gasteiger partial charge in [-0.05, 0) is 42.7 Å². The first-order valence-electron chi connectivity index (χ1n) is 11.3. The van der Waals surface area contributed by atoms with Crippen LogP contribution in [0.5, 0.6) is 5.75 Å². The molecule has 0 aromatic heterocycles. The highest BCUT2D eigenvalue weighted by Crippen LogP contribution is 2.37. The van der Waals surface area contributed by atoms with E-state index in [0.717, 1.165) is 6.07 Å². The number of carbonyl (C=O) groups is 4. The van der Waals surface area contributed by atoms with E-state index < -0.39 is 40.7 Å². The van der Waals surface area contributed by atoms with Gasteiger partial charge < -0.3 is 20.3 Å². The van der Waals surface area contributed by atoms with Crippen LogP contribution in [0.3, 0.4) is 0 Å². The fourth-order valence-electron chi connectivity index (χ4n) is 3.91. The molecule has 36 heavy (non-hydrogen) atoms. The normalized spacial score (nSPS) is 12.8. The van der Waals surface area contributed by atoms with Crippen molar-refractivity contribution in [3.8, 4) is 5.75 Å². The molecule has 4 amide bonds. The minimum atomic E-state index is -4.17. The van der Waals surface area contributed by atoms with Crippen molar-refractivity contribution in [1.82, 2.24) is 15.5 Å². The molecule has 2 N–H and O–H groups in total. The summed E-state index contributed by atoms with van der Waals surface area (Å²) in [7, 11) is 1.23. The largest absolute Gasteiger partial charge is 0.493 e. The number of imide groups is 1. The predicted molar refractivity (Wildman–Crippen MR) is 126 cm³/mol. The molecule has 0 saturated heterocycles. The molecule has 190 valence electrons. The van der Waals surface area contributed by atoms with E-state index in [1.165, 1.54) is 30.9 Å². The topological polar surface area (TPSA) is 105 Å². The van der Waals surface area contributed by atoms with E-state index in [0.29, 0.717) is 29.7 Å². The van der Waals surface area contributed by atoms with Crippen molar-refractivity contribution in [2.75, 3.05) is 13.2 Å². The zero-order valence-corrected chi connectivity index (χ0v) is 19.8. The van der Waals surface area contributed by atoms with Gasteiger partial charge in [-0.2, -0.15) is 8.78 Å². The number of ether oxygens (including phenoxy) is 1. The van der Waals surface area contributed by atoms with E-state index in [4.69, 9.17) is 4.74 Å². The Kier molecular flexibility index (Phi) is 8.39. The standard InChI is InChI=1S/C24H25BF3N3O5/c1-2-36-18-6-3-5-17(26)20(18)24(27,28)22(34)29-12-14-8-9-16-15(11-14)13-31(21(16)33)10-4-7-19(32)30-23(25)35/h3,5-6,8-9,11H,2,4,7,10,12-13,25H2,1H3,(H,29,34)(H,30,32,35). The summed E-state index contributed by atoms with van der Waals surface area (Å²) in [6.45, 7) is 1.86. The van der Waals surface area contributed by atoms with Gasteiger partial charge in [0.1, 0.15) is 17.1 Å². The number of nitrogens with one attached hydrogen (secondary N) is 2. The maximum atomic E-state index is 14.8. The third-order valence-corrected chi connectivity index (χ3v) is 5.52. The summed E-state index contributed by atoms with van der Waals surface area (Å²) in [4.78, 5) is 48.9. The molecule has 0 atom stereocenters. The van der Waals surface area contributed by atoms with Crippen molar-refractivity contribution in [3.63, 3.8) is 0 Å². The first kappa shape index (κ1) is 26.8. The van der Waals surface area contributed by atoms with E-state index in [1.807, 2.05) is 0 Å². The van der Waals surface area contributed by atoms with Crippen LogP contribution < -0.4 is 15.4 Å². The van der Waals surface area contributed by atoms with Crippen molar-refractivity contribution in [2.45, 2.75) is 38.8 Å². The Balaban J connectivity index is 1.62. The Labute approximate surface area is 206 Å². The lowest BCUT2D eigenvalue weighted by atomic mass is 10.0. The van der Waals surface area contributed by atoms with Crippen LogP contribution in [0.15, 0.2) is 36.4 Å². The Morgan fingerprint density at radius 1 is 1.19 bits per heavy atom. The van der Waals surface area contributed by atoms with Crippen LogP contribution in [0.1, 0.15) is 46.8 Å². The number of halogens is 3. The number of carbonyl (C=O) groups excluding carboxylic acids is 4. The molecule has 1 heterocycles. The van der Waals surface area contributed by atoms with Crippen LogP contribution in [0.4, 0.5) is 18.0 Å². The van der Waals surface area contributed by atoms with E-state index in [-0.39, 0.29) is 32.0 Å². The van der Waals surface area contributed by atoms with Crippen molar-refractivity contribution in [2.24, 2.45) is 0 Å². The number of rotatable bonds is 10. The van der Waals surface area contributed by atoms with Crippen molar-refractivity contribution in [1.29, 1.82) is 0 Å². The van der Waals surface area contributed by atoms with Crippen LogP contribution in [-0.4, -0.2) is 49.4 Å². The van der Waals surface area contributed by atoms with Gasteiger partial charge in [0, 0.05) is 31.6 Å². The molecule has 0 bridgehead atoms. The van der Waals surface area contributed by atoms with Gasteiger partial charge in [0.2, 0.25) is 13.8 Å². The number of benzene rings is 2. The fraction of sp³-hybridized carbons (Fsp3) is 0.333. The minimum Gasteiger partial charge on any atom is -0.493 e. The van der Waals surface area contributed by atoms with E-state index in [2.05, 4.69) is 10.6 Å². The molecule has 0 unspecified atom stereocenters. The first-order chi connectivity index (χ1) is 17.0. The molecule has 0 spiro atoms. The van der Waals surface area contributed by atoms with Gasteiger partial charge in [-0.3, -0.25) is 19.2 Å². The third kappa shape index (κ3) is 6.05. The monoisotopic (exact) mass is 503 g/mol. The maximum Gasteiger partial charge on any atom is 0.356 e. The van der Waals surface area contributed by atoms with Crippen LogP contribution >= 0.6 is 0 Å². The SMILES string of the molecule is BC(=O)NC(=O)CCCN1Cc2cc(CNC(=O)C(F)(F)c3c(F)cccc3OCC)ccc2C1=O. The highest BCUT2D eigenvalue weighted by atomic mass is 19.3. The lowest BCUT2D eigenvalue weighted by Gasteiger charge is -2.20. The average Bonchev–Trinajstić information content (AvgIpc) is 3.11. The summed E-state index contributed by atoms with van der Waals surface area (Å²) in [6, 6.07) is 7.92. The summed E-state index contributed by atoms with van der Waals surface area (Å²) >= 11 is 0. The highest BCUT2D eigenvalue weighted by Gasteiger charge is 2.45. The fourth-order valence-corrected chi connectivity index (χ4v) is 3.91. The predicted octanol–water partition coefficient (Wildman–Crippen LogP) is 2.24. The second-order valence-corrected chi connectivity index (χ2v) is 8.23. The summed E-state index contributed by atoms with van der Waals surface area (Å²) < 4.78 is 48.9. The van der Waals surface area contributed by atoms with Crippen LogP contribution in [0.2, 0.25) is 0 Å². The zero-order chi connectivity index (χ0) is 26.5. The first-order valence-corrected chi connectivity index (χ1v) is 11.3. The van der Waals surface area contributed by atoms with E-state index in [1.54, 1.807) is 19.1 Å². The number of hydrogen-bond donors (Lipinski definition) is 2. The number of alkyl halides is 2. The Morgan fingerprint density at radius 3 is 2.64 bits per heavy atom. The van der Waals surface area contributed by atoms with Crippen LogP contribution in [-0.2, 0) is 28.6 Å². The van der Waals surface area contributed by atoms with Crippen molar-refractivity contribution < 1.29 is 37.1 Å². The Morgan fingerprint density at radius 2 is 1.94 bits per heavy atom. The van der Waals surface area contributed by atoms with Gasteiger partial charge in [-0.1, -0.05) is 18.2 Å². The lowest BCUT2D eigenvalue weighted by Crippen LogP contribution is -2.38. The summed E-state index contributed by atoms with van der Waals surface area (Å²) in [6.07, 6.45) is 0.439. The van der Waals surface area contributed by atoms with E-state index >= 15 is 0 Å². The molecule has 0 aliphatic carbocycles. The second-order valence-electron chi connectivity index (χ2n) is 8.23. The molecule has 0 radical (unpaired) electrons. The second kappa shape index (κ2) is 11.3. The molecule has 3 rings (SSSR count). The molecule has 2 aromatic rings. The number of nitrogens with zero attached hydrogens (tertiary/aromatic N) is 1. The summed E-state index contributed by atoms with van der Waals surface area (Å²) in [5, 5.41) is 4.29. The van der Waals surface area contributed by atoms with Gasteiger partial charge in [0.15, 0.2) is 5.81 Å². The molecule has 2 aromatic carbocycles. The molecule has 1 aliphatic rings.